The Hall–Kier alpha value is -1.22. The lowest BCUT2D eigenvalue weighted by Gasteiger charge is -2.04. The third-order valence-corrected chi connectivity index (χ3v) is 5.82. The van der Waals surface area contributed by atoms with E-state index < -0.39 is 16.0 Å². The minimum Gasteiger partial charge on any atom is -0.477 e. The van der Waals surface area contributed by atoms with Crippen LogP contribution in [0.2, 0.25) is 0 Å². The molecule has 0 spiro atoms. The topological polar surface area (TPSA) is 83.5 Å². The summed E-state index contributed by atoms with van der Waals surface area (Å²) in [6.07, 6.45) is 0. The minimum atomic E-state index is -3.80. The zero-order valence-electron chi connectivity index (χ0n) is 9.91. The van der Waals surface area contributed by atoms with Gasteiger partial charge in [-0.3, -0.25) is 0 Å². The highest BCUT2D eigenvalue weighted by Crippen LogP contribution is 2.22. The van der Waals surface area contributed by atoms with Crippen molar-refractivity contribution in [2.24, 2.45) is 0 Å². The van der Waals surface area contributed by atoms with Crippen molar-refractivity contribution in [3.8, 4) is 0 Å². The molecule has 19 heavy (non-hydrogen) atoms. The van der Waals surface area contributed by atoms with Crippen LogP contribution in [0.5, 0.6) is 0 Å². The van der Waals surface area contributed by atoms with Gasteiger partial charge in [0.25, 0.3) is 0 Å². The highest BCUT2D eigenvalue weighted by atomic mass is 32.2. The number of hydrogen-bond donors (Lipinski definition) is 2. The summed E-state index contributed by atoms with van der Waals surface area (Å²) < 4.78 is 26.5. The van der Waals surface area contributed by atoms with Crippen LogP contribution in [0, 0.1) is 6.92 Å². The Bertz CT molecular complexity index is 699. The first kappa shape index (κ1) is 14.2. The molecule has 0 unspecified atom stereocenters. The molecule has 0 aliphatic heterocycles. The van der Waals surface area contributed by atoms with Gasteiger partial charge in [-0.2, -0.15) is 0 Å². The summed E-state index contributed by atoms with van der Waals surface area (Å²) >= 11 is 2.39. The third kappa shape index (κ3) is 3.21. The number of aromatic carboxylic acids is 1. The molecule has 8 heteroatoms. The summed E-state index contributed by atoms with van der Waals surface area (Å²) in [5.74, 6) is -1.23. The lowest BCUT2D eigenvalue weighted by molar-refractivity contribution is 0.0698. The zero-order chi connectivity index (χ0) is 14.0. The first-order valence-electron chi connectivity index (χ1n) is 5.26. The molecule has 102 valence electrons. The molecule has 0 aliphatic carbocycles. The van der Waals surface area contributed by atoms with E-state index in [1.165, 1.54) is 22.8 Å². The van der Waals surface area contributed by atoms with E-state index in [1.807, 2.05) is 19.1 Å². The smallest absolute Gasteiger partial charge is 0.347 e. The van der Waals surface area contributed by atoms with Crippen molar-refractivity contribution >= 4 is 38.7 Å². The summed E-state index contributed by atoms with van der Waals surface area (Å²) in [6, 6.07) is 5.05. The van der Waals surface area contributed by atoms with Gasteiger partial charge in [0.05, 0.1) is 0 Å². The number of thiophene rings is 2. The number of carboxylic acids is 1. The maximum absolute atomic E-state index is 12.0. The average molecular weight is 317 g/mol. The van der Waals surface area contributed by atoms with Gasteiger partial charge in [0.1, 0.15) is 9.77 Å². The third-order valence-electron chi connectivity index (χ3n) is 2.35. The van der Waals surface area contributed by atoms with Gasteiger partial charge in [-0.25, -0.2) is 17.9 Å². The maximum atomic E-state index is 12.0. The maximum Gasteiger partial charge on any atom is 0.347 e. The second-order valence-electron chi connectivity index (χ2n) is 3.76. The van der Waals surface area contributed by atoms with Crippen molar-refractivity contribution < 1.29 is 18.3 Å². The van der Waals surface area contributed by atoms with Crippen LogP contribution in [0.15, 0.2) is 28.5 Å². The molecule has 0 atom stereocenters. The molecule has 0 amide bonds. The van der Waals surface area contributed by atoms with Crippen LogP contribution in [-0.4, -0.2) is 19.5 Å². The summed E-state index contributed by atoms with van der Waals surface area (Å²) in [5, 5.41) is 10.4. The Morgan fingerprint density at radius 3 is 2.68 bits per heavy atom. The number of rotatable bonds is 5. The standard InChI is InChI=1S/C11H11NO4S3/c1-7-2-3-8(18-7)6-12-19(15,16)9-4-5-17-10(9)11(13)14/h2-5,12H,6H2,1H3,(H,13,14). The second-order valence-corrected chi connectivity index (χ2v) is 7.78. The predicted octanol–water partition coefficient (Wildman–Crippen LogP) is 2.29. The fourth-order valence-electron chi connectivity index (χ4n) is 1.49. The van der Waals surface area contributed by atoms with Crippen molar-refractivity contribution in [3.05, 3.63) is 38.2 Å². The van der Waals surface area contributed by atoms with Gasteiger partial charge in [-0.1, -0.05) is 0 Å². The van der Waals surface area contributed by atoms with Crippen LogP contribution in [0.1, 0.15) is 19.4 Å². The van der Waals surface area contributed by atoms with Crippen LogP contribution in [0.3, 0.4) is 0 Å². The van der Waals surface area contributed by atoms with Crippen molar-refractivity contribution in [2.75, 3.05) is 0 Å². The molecule has 0 aromatic carbocycles. The fourth-order valence-corrected chi connectivity index (χ4v) is 4.67. The quantitative estimate of drug-likeness (QED) is 0.886. The lowest BCUT2D eigenvalue weighted by Crippen LogP contribution is -2.23. The second kappa shape index (κ2) is 5.41. The number of carboxylic acid groups (broad SMARTS) is 1. The molecule has 0 bridgehead atoms. The Morgan fingerprint density at radius 2 is 2.11 bits per heavy atom. The molecule has 2 aromatic rings. The number of nitrogens with one attached hydrogen (secondary N) is 1. The Kier molecular flexibility index (Phi) is 4.04. The summed E-state index contributed by atoms with van der Waals surface area (Å²) in [5.41, 5.74) is 0. The number of aryl methyl sites for hydroxylation is 1. The van der Waals surface area contributed by atoms with E-state index in [9.17, 15) is 13.2 Å². The van der Waals surface area contributed by atoms with Gasteiger partial charge in [0.2, 0.25) is 10.0 Å². The van der Waals surface area contributed by atoms with Crippen molar-refractivity contribution in [1.82, 2.24) is 4.72 Å². The van der Waals surface area contributed by atoms with E-state index in [2.05, 4.69) is 4.72 Å². The molecular weight excluding hydrogens is 306 g/mol. The predicted molar refractivity (Wildman–Crippen MR) is 74.4 cm³/mol. The van der Waals surface area contributed by atoms with E-state index in [1.54, 1.807) is 0 Å². The van der Waals surface area contributed by atoms with E-state index in [4.69, 9.17) is 5.11 Å². The molecule has 0 radical (unpaired) electrons. The molecule has 0 aliphatic rings. The van der Waals surface area contributed by atoms with Crippen LogP contribution in [0.4, 0.5) is 0 Å². The van der Waals surface area contributed by atoms with Gasteiger partial charge in [0, 0.05) is 16.3 Å². The van der Waals surface area contributed by atoms with Crippen LogP contribution in [-0.2, 0) is 16.6 Å². The normalized spacial score (nSPS) is 11.6. The van der Waals surface area contributed by atoms with E-state index in [0.29, 0.717) is 0 Å². The van der Waals surface area contributed by atoms with E-state index >= 15 is 0 Å². The SMILES string of the molecule is Cc1ccc(CNS(=O)(=O)c2ccsc2C(=O)O)s1. The van der Waals surface area contributed by atoms with E-state index in [-0.39, 0.29) is 16.3 Å². The van der Waals surface area contributed by atoms with Gasteiger partial charge >= 0.3 is 5.97 Å². The number of hydrogen-bond acceptors (Lipinski definition) is 5. The minimum absolute atomic E-state index is 0.162. The molecule has 0 fully saturated rings. The number of carbonyl (C=O) groups is 1. The van der Waals surface area contributed by atoms with Gasteiger partial charge in [0.15, 0.2) is 0 Å². The lowest BCUT2D eigenvalue weighted by atomic mass is 10.4. The van der Waals surface area contributed by atoms with Crippen molar-refractivity contribution in [1.29, 1.82) is 0 Å². The van der Waals surface area contributed by atoms with E-state index in [0.717, 1.165) is 21.1 Å². The molecular formula is C11H11NO4S3. The highest BCUT2D eigenvalue weighted by molar-refractivity contribution is 7.89. The fraction of sp³-hybridized carbons (Fsp3) is 0.182. The molecule has 2 aromatic heterocycles. The summed E-state index contributed by atoms with van der Waals surface area (Å²) in [6.45, 7) is 2.10. The summed E-state index contributed by atoms with van der Waals surface area (Å²) in [7, 11) is -3.80. The summed E-state index contributed by atoms with van der Waals surface area (Å²) in [4.78, 5) is 12.5. The molecule has 2 rings (SSSR count). The molecule has 0 saturated carbocycles. The largest absolute Gasteiger partial charge is 0.477 e. The highest BCUT2D eigenvalue weighted by Gasteiger charge is 2.23. The Balaban J connectivity index is 2.18. The Labute approximate surface area is 118 Å². The van der Waals surface area contributed by atoms with Crippen LogP contribution < -0.4 is 4.72 Å². The first-order chi connectivity index (χ1) is 8.90. The molecule has 5 nitrogen and oxygen atoms in total. The van der Waals surface area contributed by atoms with Gasteiger partial charge in [-0.15, -0.1) is 22.7 Å². The molecule has 2 heterocycles. The first-order valence-corrected chi connectivity index (χ1v) is 8.44. The van der Waals surface area contributed by atoms with Crippen LogP contribution in [0.25, 0.3) is 0 Å². The zero-order valence-corrected chi connectivity index (χ0v) is 12.4. The Morgan fingerprint density at radius 1 is 1.37 bits per heavy atom. The van der Waals surface area contributed by atoms with Gasteiger partial charge < -0.3 is 5.11 Å². The number of sulfonamides is 1. The average Bonchev–Trinajstić information content (AvgIpc) is 2.94. The van der Waals surface area contributed by atoms with Crippen LogP contribution >= 0.6 is 22.7 Å². The van der Waals surface area contributed by atoms with Gasteiger partial charge in [-0.05, 0) is 30.5 Å². The van der Waals surface area contributed by atoms with Crippen molar-refractivity contribution in [2.45, 2.75) is 18.4 Å². The molecule has 0 saturated heterocycles. The van der Waals surface area contributed by atoms with Crippen molar-refractivity contribution in [3.63, 3.8) is 0 Å². The molecule has 2 N–H and O–H groups in total. The monoisotopic (exact) mass is 317 g/mol.